The van der Waals surface area contributed by atoms with Crippen molar-refractivity contribution in [2.75, 3.05) is 5.88 Å². The summed E-state index contributed by atoms with van der Waals surface area (Å²) in [5.41, 5.74) is 3.41. The Balaban J connectivity index is 2.88. The zero-order valence-electron chi connectivity index (χ0n) is 14.8. The normalized spacial score (nSPS) is 12.4. The number of hydrogen-bond donors (Lipinski definition) is 2. The Labute approximate surface area is 155 Å². The molecule has 5 nitrogen and oxygen atoms in total. The number of halogens is 4. The van der Waals surface area contributed by atoms with Crippen LogP contribution in [-0.4, -0.2) is 23.5 Å². The Bertz CT molecular complexity index is 628. The number of carbonyl (C=O) groups is 2. The van der Waals surface area contributed by atoms with E-state index in [-0.39, 0.29) is 12.0 Å². The first-order valence-electron chi connectivity index (χ1n) is 8.04. The number of ether oxygens (including phenoxy) is 1. The summed E-state index contributed by atoms with van der Waals surface area (Å²) in [6, 6.07) is 1.52. The van der Waals surface area contributed by atoms with Crippen LogP contribution in [0.15, 0.2) is 12.1 Å². The lowest BCUT2D eigenvalue weighted by Gasteiger charge is -2.21. The van der Waals surface area contributed by atoms with Gasteiger partial charge in [-0.2, -0.15) is 0 Å². The van der Waals surface area contributed by atoms with Crippen molar-refractivity contribution in [3.63, 3.8) is 0 Å². The molecule has 0 heterocycles. The van der Waals surface area contributed by atoms with Crippen LogP contribution in [0.4, 0.5) is 18.0 Å². The Morgan fingerprint density at radius 3 is 2.19 bits per heavy atom. The highest BCUT2D eigenvalue weighted by molar-refractivity contribution is 6.17. The fourth-order valence-electron chi connectivity index (χ4n) is 2.17. The van der Waals surface area contributed by atoms with Crippen molar-refractivity contribution in [3.8, 4) is 0 Å². The lowest BCUT2D eigenvalue weighted by Crippen LogP contribution is -2.46. The lowest BCUT2D eigenvalue weighted by molar-refractivity contribution is -0.123. The molecule has 0 saturated carbocycles. The summed E-state index contributed by atoms with van der Waals surface area (Å²) in [7, 11) is 0. The van der Waals surface area contributed by atoms with Gasteiger partial charge in [0.25, 0.3) is 0 Å². The fourth-order valence-corrected chi connectivity index (χ4v) is 2.36. The van der Waals surface area contributed by atoms with Gasteiger partial charge >= 0.3 is 6.09 Å². The number of unbranched alkanes of at least 4 members (excludes halogenated alkanes) is 1. The standard InChI is InChI=1S/C17H22ClF3N2O3/c1-17(2,3)26-16(25)23-22-15(24)11(6-4-5-7-18)10-8-12(19)14(21)13(20)9-10/h8-9,11H,4-7H2,1-3H3,(H,22,24)(H,23,25). The molecule has 2 amide bonds. The second-order valence-electron chi connectivity index (χ2n) is 6.65. The highest BCUT2D eigenvalue weighted by Gasteiger charge is 2.25. The van der Waals surface area contributed by atoms with Crippen LogP contribution in [0.3, 0.4) is 0 Å². The van der Waals surface area contributed by atoms with Crippen molar-refractivity contribution < 1.29 is 27.5 Å². The molecule has 0 aliphatic rings. The number of hydrogen-bond acceptors (Lipinski definition) is 3. The molecule has 0 radical (unpaired) electrons. The first-order valence-corrected chi connectivity index (χ1v) is 8.58. The third-order valence-electron chi connectivity index (χ3n) is 3.29. The molecule has 0 fully saturated rings. The lowest BCUT2D eigenvalue weighted by atomic mass is 9.92. The van der Waals surface area contributed by atoms with Crippen molar-refractivity contribution in [1.29, 1.82) is 0 Å². The van der Waals surface area contributed by atoms with Gasteiger partial charge in [0.2, 0.25) is 5.91 Å². The van der Waals surface area contributed by atoms with Crippen LogP contribution in [0.25, 0.3) is 0 Å². The average Bonchev–Trinajstić information content (AvgIpc) is 2.52. The first kappa shape index (κ1) is 22.1. The molecule has 26 heavy (non-hydrogen) atoms. The summed E-state index contributed by atoms with van der Waals surface area (Å²) < 4.78 is 45.1. The number of hydrazine groups is 1. The SMILES string of the molecule is CC(C)(C)OC(=O)NNC(=O)C(CCCCCl)c1cc(F)c(F)c(F)c1. The van der Waals surface area contributed by atoms with Crippen molar-refractivity contribution >= 4 is 23.6 Å². The maximum absolute atomic E-state index is 13.5. The number of rotatable bonds is 6. The van der Waals surface area contributed by atoms with Crippen LogP contribution in [0.2, 0.25) is 0 Å². The maximum atomic E-state index is 13.5. The van der Waals surface area contributed by atoms with E-state index in [4.69, 9.17) is 16.3 Å². The van der Waals surface area contributed by atoms with E-state index < -0.39 is 41.0 Å². The molecule has 0 spiro atoms. The van der Waals surface area contributed by atoms with Crippen molar-refractivity contribution in [3.05, 3.63) is 35.1 Å². The minimum atomic E-state index is -1.61. The van der Waals surface area contributed by atoms with Gasteiger partial charge in [-0.05, 0) is 51.3 Å². The van der Waals surface area contributed by atoms with E-state index in [1.54, 1.807) is 20.8 Å². The van der Waals surface area contributed by atoms with Crippen molar-refractivity contribution in [1.82, 2.24) is 10.9 Å². The molecule has 1 unspecified atom stereocenters. The van der Waals surface area contributed by atoms with E-state index in [0.29, 0.717) is 18.7 Å². The molecular formula is C17H22ClF3N2O3. The van der Waals surface area contributed by atoms with Gasteiger partial charge in [-0.1, -0.05) is 6.42 Å². The Morgan fingerprint density at radius 1 is 1.12 bits per heavy atom. The molecule has 0 bridgehead atoms. The van der Waals surface area contributed by atoms with E-state index in [1.165, 1.54) is 0 Å². The van der Waals surface area contributed by atoms with Gasteiger partial charge in [0.05, 0.1) is 5.92 Å². The fraction of sp³-hybridized carbons (Fsp3) is 0.529. The molecular weight excluding hydrogens is 373 g/mol. The Morgan fingerprint density at radius 2 is 1.69 bits per heavy atom. The van der Waals surface area contributed by atoms with Gasteiger partial charge in [-0.25, -0.2) is 23.4 Å². The van der Waals surface area contributed by atoms with E-state index in [1.807, 2.05) is 0 Å². The van der Waals surface area contributed by atoms with Crippen molar-refractivity contribution in [2.24, 2.45) is 0 Å². The summed E-state index contributed by atoms with van der Waals surface area (Å²) >= 11 is 5.60. The van der Waals surface area contributed by atoms with Crippen molar-refractivity contribution in [2.45, 2.75) is 51.6 Å². The van der Waals surface area contributed by atoms with E-state index in [0.717, 1.165) is 12.1 Å². The zero-order chi connectivity index (χ0) is 19.9. The van der Waals surface area contributed by atoms with Crippen LogP contribution in [-0.2, 0) is 9.53 Å². The third-order valence-corrected chi connectivity index (χ3v) is 3.56. The van der Waals surface area contributed by atoms with Crippen LogP contribution in [0.5, 0.6) is 0 Å². The molecule has 1 aromatic carbocycles. The van der Waals surface area contributed by atoms with Crippen LogP contribution in [0.1, 0.15) is 51.5 Å². The molecule has 146 valence electrons. The summed E-state index contributed by atoms with van der Waals surface area (Å²) in [6.07, 6.45) is 0.395. The summed E-state index contributed by atoms with van der Waals surface area (Å²) in [6.45, 7) is 4.94. The second-order valence-corrected chi connectivity index (χ2v) is 7.03. The molecule has 0 aromatic heterocycles. The Hall–Kier alpha value is -1.96. The minimum absolute atomic E-state index is 0.0422. The molecule has 0 aliphatic carbocycles. The smallest absolute Gasteiger partial charge is 0.426 e. The maximum Gasteiger partial charge on any atom is 0.426 e. The number of carbonyl (C=O) groups excluding carboxylic acids is 2. The monoisotopic (exact) mass is 394 g/mol. The largest absolute Gasteiger partial charge is 0.443 e. The Kier molecular flexibility index (Phi) is 8.20. The molecule has 0 aliphatic heterocycles. The van der Waals surface area contributed by atoms with E-state index in [2.05, 4.69) is 10.9 Å². The van der Waals surface area contributed by atoms with Crippen LogP contribution in [0, 0.1) is 17.5 Å². The van der Waals surface area contributed by atoms with E-state index >= 15 is 0 Å². The molecule has 1 atom stereocenters. The highest BCUT2D eigenvalue weighted by Crippen LogP contribution is 2.26. The van der Waals surface area contributed by atoms with Gasteiger partial charge in [0.15, 0.2) is 17.5 Å². The van der Waals surface area contributed by atoms with Gasteiger partial charge in [-0.15, -0.1) is 11.6 Å². The summed E-state index contributed by atoms with van der Waals surface area (Å²) in [5.74, 6) is -5.75. The molecule has 1 rings (SSSR count). The minimum Gasteiger partial charge on any atom is -0.443 e. The highest BCUT2D eigenvalue weighted by atomic mass is 35.5. The van der Waals surface area contributed by atoms with Crippen LogP contribution >= 0.6 is 11.6 Å². The molecule has 2 N–H and O–H groups in total. The molecule has 1 aromatic rings. The average molecular weight is 395 g/mol. The second kappa shape index (κ2) is 9.66. The number of amides is 2. The van der Waals surface area contributed by atoms with Gasteiger partial charge < -0.3 is 4.74 Å². The van der Waals surface area contributed by atoms with Crippen LogP contribution < -0.4 is 10.9 Å². The summed E-state index contributed by atoms with van der Waals surface area (Å²) in [5, 5.41) is 0. The first-order chi connectivity index (χ1) is 12.0. The molecule has 0 saturated heterocycles. The predicted octanol–water partition coefficient (Wildman–Crippen LogP) is 4.15. The zero-order valence-corrected chi connectivity index (χ0v) is 15.6. The number of alkyl halides is 1. The van der Waals surface area contributed by atoms with Gasteiger partial charge in [-0.3, -0.25) is 10.2 Å². The van der Waals surface area contributed by atoms with E-state index in [9.17, 15) is 22.8 Å². The predicted molar refractivity (Wildman–Crippen MR) is 91.1 cm³/mol. The van der Waals surface area contributed by atoms with Gasteiger partial charge in [0.1, 0.15) is 5.60 Å². The number of benzene rings is 1. The van der Waals surface area contributed by atoms with Gasteiger partial charge in [0, 0.05) is 5.88 Å². The quantitative estimate of drug-likeness (QED) is 0.329. The third kappa shape index (κ3) is 7.11. The summed E-state index contributed by atoms with van der Waals surface area (Å²) in [4.78, 5) is 24.0. The molecule has 9 heteroatoms. The number of nitrogens with one attached hydrogen (secondary N) is 2. The topological polar surface area (TPSA) is 67.4 Å².